The van der Waals surface area contributed by atoms with Crippen LogP contribution in [0.15, 0.2) is 53.0 Å². The van der Waals surface area contributed by atoms with E-state index in [9.17, 15) is 9.18 Å². The SMILES string of the molecule is CC(NC(=O)Nc1ccc(F)cc1Br)c1ccccc1. The van der Waals surface area contributed by atoms with E-state index in [0.717, 1.165) is 5.56 Å². The van der Waals surface area contributed by atoms with Crippen LogP contribution in [0.4, 0.5) is 14.9 Å². The number of carbonyl (C=O) groups is 1. The van der Waals surface area contributed by atoms with Crippen molar-refractivity contribution < 1.29 is 9.18 Å². The summed E-state index contributed by atoms with van der Waals surface area (Å²) >= 11 is 3.20. The maximum Gasteiger partial charge on any atom is 0.319 e. The van der Waals surface area contributed by atoms with Gasteiger partial charge in [0.25, 0.3) is 0 Å². The molecule has 0 saturated carbocycles. The Hall–Kier alpha value is -1.88. The van der Waals surface area contributed by atoms with Crippen LogP contribution >= 0.6 is 15.9 Å². The maximum atomic E-state index is 13.0. The second-order valence-corrected chi connectivity index (χ2v) is 5.21. The largest absolute Gasteiger partial charge is 0.331 e. The molecule has 2 rings (SSSR count). The Bertz CT molecular complexity index is 604. The smallest absolute Gasteiger partial charge is 0.319 e. The molecule has 104 valence electrons. The molecular formula is C15H14BrFN2O. The molecule has 3 nitrogen and oxygen atoms in total. The van der Waals surface area contributed by atoms with Crippen LogP contribution in [0, 0.1) is 5.82 Å². The minimum absolute atomic E-state index is 0.115. The van der Waals surface area contributed by atoms with E-state index >= 15 is 0 Å². The highest BCUT2D eigenvalue weighted by molar-refractivity contribution is 9.10. The molecule has 0 radical (unpaired) electrons. The fraction of sp³-hybridized carbons (Fsp3) is 0.133. The number of halogens is 2. The van der Waals surface area contributed by atoms with Crippen LogP contribution < -0.4 is 10.6 Å². The van der Waals surface area contributed by atoms with Crippen LogP contribution in [0.25, 0.3) is 0 Å². The van der Waals surface area contributed by atoms with Gasteiger partial charge in [-0.1, -0.05) is 30.3 Å². The van der Waals surface area contributed by atoms with E-state index in [2.05, 4.69) is 26.6 Å². The molecule has 0 aliphatic rings. The molecule has 0 aliphatic heterocycles. The van der Waals surface area contributed by atoms with Crippen LogP contribution in [0.5, 0.6) is 0 Å². The molecule has 0 fully saturated rings. The van der Waals surface area contributed by atoms with Gasteiger partial charge in [-0.25, -0.2) is 9.18 Å². The number of anilines is 1. The van der Waals surface area contributed by atoms with Gasteiger partial charge in [0.1, 0.15) is 5.82 Å². The molecule has 2 N–H and O–H groups in total. The quantitative estimate of drug-likeness (QED) is 0.852. The van der Waals surface area contributed by atoms with Gasteiger partial charge in [-0.15, -0.1) is 0 Å². The van der Waals surface area contributed by atoms with Gasteiger partial charge in [0.2, 0.25) is 0 Å². The Morgan fingerprint density at radius 2 is 1.90 bits per heavy atom. The minimum atomic E-state index is -0.361. The molecule has 0 aromatic heterocycles. The second-order valence-electron chi connectivity index (χ2n) is 4.36. The number of urea groups is 1. The number of amides is 2. The molecule has 0 saturated heterocycles. The van der Waals surface area contributed by atoms with E-state index in [1.54, 1.807) is 0 Å². The number of hydrogen-bond donors (Lipinski definition) is 2. The van der Waals surface area contributed by atoms with E-state index in [-0.39, 0.29) is 17.9 Å². The third kappa shape index (κ3) is 3.81. The molecule has 1 atom stereocenters. The molecule has 0 heterocycles. The van der Waals surface area contributed by atoms with Gasteiger partial charge in [-0.2, -0.15) is 0 Å². The number of carbonyl (C=O) groups excluding carboxylic acids is 1. The lowest BCUT2D eigenvalue weighted by molar-refractivity contribution is 0.249. The van der Waals surface area contributed by atoms with Gasteiger partial charge in [-0.3, -0.25) is 0 Å². The summed E-state index contributed by atoms with van der Waals surface area (Å²) in [6.07, 6.45) is 0. The zero-order chi connectivity index (χ0) is 14.5. The predicted molar refractivity (Wildman–Crippen MR) is 81.1 cm³/mol. The van der Waals surface area contributed by atoms with E-state index in [0.29, 0.717) is 10.2 Å². The summed E-state index contributed by atoms with van der Waals surface area (Å²) < 4.78 is 13.5. The minimum Gasteiger partial charge on any atom is -0.331 e. The van der Waals surface area contributed by atoms with Crippen LogP contribution in [0.2, 0.25) is 0 Å². The van der Waals surface area contributed by atoms with Crippen molar-refractivity contribution in [3.05, 3.63) is 64.4 Å². The van der Waals surface area contributed by atoms with Gasteiger partial charge in [0.15, 0.2) is 0 Å². The van der Waals surface area contributed by atoms with Crippen molar-refractivity contribution in [2.45, 2.75) is 13.0 Å². The average molecular weight is 337 g/mol. The molecule has 5 heteroatoms. The topological polar surface area (TPSA) is 41.1 Å². The summed E-state index contributed by atoms with van der Waals surface area (Å²) in [5.74, 6) is -0.361. The summed E-state index contributed by atoms with van der Waals surface area (Å²) in [6, 6.07) is 13.3. The zero-order valence-corrected chi connectivity index (χ0v) is 12.4. The third-order valence-corrected chi connectivity index (χ3v) is 3.48. The summed E-state index contributed by atoms with van der Waals surface area (Å²) in [4.78, 5) is 11.9. The van der Waals surface area contributed by atoms with Crippen LogP contribution in [0.1, 0.15) is 18.5 Å². The molecule has 0 spiro atoms. The Kier molecular flexibility index (Phi) is 4.74. The Morgan fingerprint density at radius 3 is 2.55 bits per heavy atom. The van der Waals surface area contributed by atoms with E-state index in [4.69, 9.17) is 0 Å². The molecule has 2 aromatic rings. The fourth-order valence-electron chi connectivity index (χ4n) is 1.77. The first-order valence-corrected chi connectivity index (χ1v) is 6.93. The molecule has 0 bridgehead atoms. The van der Waals surface area contributed by atoms with Crippen LogP contribution in [0.3, 0.4) is 0 Å². The van der Waals surface area contributed by atoms with Gasteiger partial charge >= 0.3 is 6.03 Å². The average Bonchev–Trinajstić information content (AvgIpc) is 2.43. The van der Waals surface area contributed by atoms with Crippen LogP contribution in [-0.2, 0) is 0 Å². The molecule has 2 aromatic carbocycles. The van der Waals surface area contributed by atoms with Crippen molar-refractivity contribution in [2.24, 2.45) is 0 Å². The highest BCUT2D eigenvalue weighted by Gasteiger charge is 2.10. The molecule has 1 unspecified atom stereocenters. The highest BCUT2D eigenvalue weighted by Crippen LogP contribution is 2.23. The summed E-state index contributed by atoms with van der Waals surface area (Å²) in [5, 5.41) is 5.50. The number of rotatable bonds is 3. The van der Waals surface area contributed by atoms with Crippen molar-refractivity contribution in [3.8, 4) is 0 Å². The van der Waals surface area contributed by atoms with Crippen molar-refractivity contribution in [2.75, 3.05) is 5.32 Å². The molecule has 20 heavy (non-hydrogen) atoms. The van der Waals surface area contributed by atoms with Gasteiger partial charge in [0, 0.05) is 4.47 Å². The van der Waals surface area contributed by atoms with Gasteiger partial charge in [0.05, 0.1) is 11.7 Å². The lowest BCUT2D eigenvalue weighted by Crippen LogP contribution is -2.31. The van der Waals surface area contributed by atoms with E-state index < -0.39 is 0 Å². The number of benzene rings is 2. The van der Waals surface area contributed by atoms with Gasteiger partial charge in [-0.05, 0) is 46.6 Å². The Morgan fingerprint density at radius 1 is 1.20 bits per heavy atom. The Labute approximate surface area is 125 Å². The lowest BCUT2D eigenvalue weighted by atomic mass is 10.1. The fourth-order valence-corrected chi connectivity index (χ4v) is 2.22. The summed E-state index contributed by atoms with van der Waals surface area (Å²) in [7, 11) is 0. The maximum absolute atomic E-state index is 13.0. The second kappa shape index (κ2) is 6.52. The third-order valence-electron chi connectivity index (χ3n) is 2.83. The summed E-state index contributed by atoms with van der Waals surface area (Å²) in [5.41, 5.74) is 1.53. The van der Waals surface area contributed by atoms with E-state index in [1.165, 1.54) is 18.2 Å². The van der Waals surface area contributed by atoms with Crippen molar-refractivity contribution in [3.63, 3.8) is 0 Å². The Balaban J connectivity index is 1.99. The monoisotopic (exact) mass is 336 g/mol. The lowest BCUT2D eigenvalue weighted by Gasteiger charge is -2.15. The number of hydrogen-bond acceptors (Lipinski definition) is 1. The van der Waals surface area contributed by atoms with Crippen molar-refractivity contribution >= 4 is 27.6 Å². The molecule has 2 amide bonds. The normalized spacial score (nSPS) is 11.8. The van der Waals surface area contributed by atoms with Crippen molar-refractivity contribution in [1.29, 1.82) is 0 Å². The molecular weight excluding hydrogens is 323 g/mol. The predicted octanol–water partition coefficient (Wildman–Crippen LogP) is 4.47. The summed E-state index contributed by atoms with van der Waals surface area (Å²) in [6.45, 7) is 1.90. The van der Waals surface area contributed by atoms with E-state index in [1.807, 2.05) is 37.3 Å². The standard InChI is InChI=1S/C15H14BrFN2O/c1-10(11-5-3-2-4-6-11)18-15(20)19-14-8-7-12(17)9-13(14)16/h2-10H,1H3,(H2,18,19,20). The zero-order valence-electron chi connectivity index (χ0n) is 10.9. The molecule has 0 aliphatic carbocycles. The number of nitrogens with one attached hydrogen (secondary N) is 2. The van der Waals surface area contributed by atoms with Gasteiger partial charge < -0.3 is 10.6 Å². The van der Waals surface area contributed by atoms with Crippen LogP contribution in [-0.4, -0.2) is 6.03 Å². The first-order valence-electron chi connectivity index (χ1n) is 6.14. The van der Waals surface area contributed by atoms with Crippen molar-refractivity contribution in [1.82, 2.24) is 5.32 Å². The first kappa shape index (κ1) is 14.5. The highest BCUT2D eigenvalue weighted by atomic mass is 79.9. The first-order chi connectivity index (χ1) is 9.56.